The van der Waals surface area contributed by atoms with Crippen LogP contribution in [0.1, 0.15) is 12.0 Å². The van der Waals surface area contributed by atoms with E-state index in [4.69, 9.17) is 17.3 Å². The zero-order valence-corrected chi connectivity index (χ0v) is 10.6. The lowest BCUT2D eigenvalue weighted by Crippen LogP contribution is -2.01. The fourth-order valence-electron chi connectivity index (χ4n) is 1.14. The third-order valence-electron chi connectivity index (χ3n) is 2.05. The Kier molecular flexibility index (Phi) is 5.66. The number of hydrogen-bond acceptors (Lipinski definition) is 4. The van der Waals surface area contributed by atoms with Gasteiger partial charge in [0.05, 0.1) is 13.5 Å². The molecule has 0 saturated heterocycles. The number of nitrogens with two attached hydrogens (primary N) is 1. The third-order valence-corrected chi connectivity index (χ3v) is 3.39. The molecule has 0 aliphatic rings. The van der Waals surface area contributed by atoms with Gasteiger partial charge >= 0.3 is 5.97 Å². The molecule has 0 heterocycles. The molecule has 0 atom stereocenters. The van der Waals surface area contributed by atoms with Crippen LogP contribution in [0.4, 0.5) is 0 Å². The van der Waals surface area contributed by atoms with E-state index >= 15 is 0 Å². The van der Waals surface area contributed by atoms with Crippen molar-refractivity contribution >= 4 is 29.3 Å². The van der Waals surface area contributed by atoms with E-state index in [1.165, 1.54) is 7.11 Å². The van der Waals surface area contributed by atoms with Crippen molar-refractivity contribution in [3.8, 4) is 0 Å². The molecule has 2 N–H and O–H groups in total. The molecular formula is C11H14ClNO2S. The lowest BCUT2D eigenvalue weighted by Gasteiger charge is -2.04. The standard InChI is InChI=1S/C11H14ClNO2S/c1-15-11(14)4-5-16-9-3-2-8(7-13)10(12)6-9/h2-3,6H,4-5,7,13H2,1H3. The summed E-state index contributed by atoms with van der Waals surface area (Å²) < 4.78 is 4.55. The minimum Gasteiger partial charge on any atom is -0.469 e. The monoisotopic (exact) mass is 259 g/mol. The smallest absolute Gasteiger partial charge is 0.306 e. The van der Waals surface area contributed by atoms with Crippen LogP contribution in [0.25, 0.3) is 0 Å². The van der Waals surface area contributed by atoms with Crippen molar-refractivity contribution in [2.24, 2.45) is 5.73 Å². The van der Waals surface area contributed by atoms with Crippen LogP contribution in [-0.2, 0) is 16.1 Å². The van der Waals surface area contributed by atoms with Crippen LogP contribution in [0.15, 0.2) is 23.1 Å². The summed E-state index contributed by atoms with van der Waals surface area (Å²) in [5.41, 5.74) is 6.44. The van der Waals surface area contributed by atoms with Crippen molar-refractivity contribution in [1.82, 2.24) is 0 Å². The van der Waals surface area contributed by atoms with Gasteiger partial charge in [0.2, 0.25) is 0 Å². The number of hydrogen-bond donors (Lipinski definition) is 1. The molecule has 1 rings (SSSR count). The SMILES string of the molecule is COC(=O)CCSc1ccc(CN)c(Cl)c1. The molecule has 0 unspecified atom stereocenters. The van der Waals surface area contributed by atoms with Crippen molar-refractivity contribution in [2.75, 3.05) is 12.9 Å². The number of rotatable bonds is 5. The van der Waals surface area contributed by atoms with E-state index in [2.05, 4.69) is 4.74 Å². The van der Waals surface area contributed by atoms with Gasteiger partial charge in [-0.1, -0.05) is 17.7 Å². The first-order chi connectivity index (χ1) is 7.67. The molecule has 1 aromatic carbocycles. The third kappa shape index (κ3) is 4.04. The Hall–Kier alpha value is -0.710. The van der Waals surface area contributed by atoms with Gasteiger partial charge < -0.3 is 10.5 Å². The quantitative estimate of drug-likeness (QED) is 0.652. The highest BCUT2D eigenvalue weighted by atomic mass is 35.5. The van der Waals surface area contributed by atoms with E-state index < -0.39 is 0 Å². The minimum atomic E-state index is -0.197. The molecule has 0 saturated carbocycles. The van der Waals surface area contributed by atoms with Crippen molar-refractivity contribution in [3.05, 3.63) is 28.8 Å². The van der Waals surface area contributed by atoms with E-state index in [1.807, 2.05) is 18.2 Å². The van der Waals surface area contributed by atoms with Crippen molar-refractivity contribution in [2.45, 2.75) is 17.9 Å². The fourth-order valence-corrected chi connectivity index (χ4v) is 2.33. The number of thioether (sulfide) groups is 1. The van der Waals surface area contributed by atoms with Gasteiger partial charge in [0.15, 0.2) is 0 Å². The zero-order valence-electron chi connectivity index (χ0n) is 9.03. The van der Waals surface area contributed by atoms with Gasteiger partial charge in [-0.05, 0) is 17.7 Å². The van der Waals surface area contributed by atoms with Crippen LogP contribution in [0, 0.1) is 0 Å². The Labute approximate surface area is 104 Å². The minimum absolute atomic E-state index is 0.197. The van der Waals surface area contributed by atoms with E-state index in [1.54, 1.807) is 11.8 Å². The molecule has 0 aromatic heterocycles. The maximum Gasteiger partial charge on any atom is 0.306 e. The van der Waals surface area contributed by atoms with Crippen LogP contribution in [0.2, 0.25) is 5.02 Å². The van der Waals surface area contributed by atoms with Crippen LogP contribution in [0.3, 0.4) is 0 Å². The molecular weight excluding hydrogens is 246 g/mol. The number of ether oxygens (including phenoxy) is 1. The Balaban J connectivity index is 2.49. The molecule has 0 radical (unpaired) electrons. The Morgan fingerprint density at radius 2 is 2.31 bits per heavy atom. The fraction of sp³-hybridized carbons (Fsp3) is 0.364. The van der Waals surface area contributed by atoms with Crippen molar-refractivity contribution in [1.29, 1.82) is 0 Å². The molecule has 16 heavy (non-hydrogen) atoms. The maximum absolute atomic E-state index is 10.9. The number of benzene rings is 1. The van der Waals surface area contributed by atoms with Crippen LogP contribution in [-0.4, -0.2) is 18.8 Å². The second-order valence-corrected chi connectivity index (χ2v) is 4.71. The number of halogens is 1. The topological polar surface area (TPSA) is 52.3 Å². The molecule has 0 aliphatic heterocycles. The predicted molar refractivity (Wildman–Crippen MR) is 66.7 cm³/mol. The van der Waals surface area contributed by atoms with Gasteiger partial charge in [0.25, 0.3) is 0 Å². The predicted octanol–water partition coefficient (Wildman–Crippen LogP) is 2.45. The van der Waals surface area contributed by atoms with Crippen LogP contribution in [0.5, 0.6) is 0 Å². The van der Waals surface area contributed by atoms with Gasteiger partial charge in [-0.15, -0.1) is 11.8 Å². The van der Waals surface area contributed by atoms with Gasteiger partial charge in [0, 0.05) is 22.2 Å². The van der Waals surface area contributed by atoms with E-state index in [0.29, 0.717) is 23.7 Å². The maximum atomic E-state index is 10.9. The zero-order chi connectivity index (χ0) is 12.0. The van der Waals surface area contributed by atoms with Crippen LogP contribution < -0.4 is 5.73 Å². The normalized spacial score (nSPS) is 10.2. The average Bonchev–Trinajstić information content (AvgIpc) is 2.29. The van der Waals surface area contributed by atoms with E-state index in [0.717, 1.165) is 10.5 Å². The average molecular weight is 260 g/mol. The lowest BCUT2D eigenvalue weighted by atomic mass is 10.2. The molecule has 1 aromatic rings. The number of carbonyl (C=O) groups excluding carboxylic acids is 1. The summed E-state index contributed by atoms with van der Waals surface area (Å²) in [6, 6.07) is 5.73. The highest BCUT2D eigenvalue weighted by Gasteiger charge is 2.03. The van der Waals surface area contributed by atoms with E-state index in [9.17, 15) is 4.79 Å². The highest BCUT2D eigenvalue weighted by Crippen LogP contribution is 2.25. The largest absolute Gasteiger partial charge is 0.469 e. The molecule has 0 fully saturated rings. The first-order valence-corrected chi connectivity index (χ1v) is 6.22. The van der Waals surface area contributed by atoms with Gasteiger partial charge in [-0.2, -0.15) is 0 Å². The summed E-state index contributed by atoms with van der Waals surface area (Å²) in [6.07, 6.45) is 0.400. The second-order valence-electron chi connectivity index (χ2n) is 3.13. The first kappa shape index (κ1) is 13.4. The lowest BCUT2D eigenvalue weighted by molar-refractivity contribution is -0.140. The summed E-state index contributed by atoms with van der Waals surface area (Å²) in [7, 11) is 1.39. The van der Waals surface area contributed by atoms with Gasteiger partial charge in [0.1, 0.15) is 0 Å². The summed E-state index contributed by atoms with van der Waals surface area (Å²) in [6.45, 7) is 0.436. The number of carbonyl (C=O) groups is 1. The summed E-state index contributed by atoms with van der Waals surface area (Å²) in [5.74, 6) is 0.488. The Bertz CT molecular complexity index is 371. The van der Waals surface area contributed by atoms with Crippen molar-refractivity contribution < 1.29 is 9.53 Å². The number of esters is 1. The molecule has 3 nitrogen and oxygen atoms in total. The number of methoxy groups -OCH3 is 1. The van der Waals surface area contributed by atoms with Gasteiger partial charge in [-0.3, -0.25) is 4.79 Å². The molecule has 0 spiro atoms. The van der Waals surface area contributed by atoms with Crippen molar-refractivity contribution in [3.63, 3.8) is 0 Å². The highest BCUT2D eigenvalue weighted by molar-refractivity contribution is 7.99. The molecule has 0 amide bonds. The summed E-state index contributed by atoms with van der Waals surface area (Å²) in [5, 5.41) is 0.672. The molecule has 5 heteroatoms. The Morgan fingerprint density at radius 3 is 2.88 bits per heavy atom. The first-order valence-electron chi connectivity index (χ1n) is 4.85. The molecule has 0 aliphatic carbocycles. The van der Waals surface area contributed by atoms with E-state index in [-0.39, 0.29) is 5.97 Å². The summed E-state index contributed by atoms with van der Waals surface area (Å²) in [4.78, 5) is 11.9. The summed E-state index contributed by atoms with van der Waals surface area (Å²) >= 11 is 7.58. The molecule has 88 valence electrons. The van der Waals surface area contributed by atoms with Gasteiger partial charge in [-0.25, -0.2) is 0 Å². The second kappa shape index (κ2) is 6.78. The Morgan fingerprint density at radius 1 is 1.56 bits per heavy atom. The van der Waals surface area contributed by atoms with Crippen LogP contribution >= 0.6 is 23.4 Å². The molecule has 0 bridgehead atoms.